The minimum absolute atomic E-state index is 0.000331. The standard InChI is InChI=1S/C21H29N3O2/c1-24(14-6-12-22-16-18-8-2-4-10-20(18)25)15-7-13-23-17-19-9-3-5-11-21(19)26/h2-5,8-11,16-18,20,25-26H,6-7,12-15H2,1H3. The maximum Gasteiger partial charge on any atom is 0.124 e. The lowest BCUT2D eigenvalue weighted by molar-refractivity contribution is 0.204. The van der Waals surface area contributed by atoms with Crippen LogP contribution in [0.5, 0.6) is 5.75 Å². The molecule has 2 atom stereocenters. The predicted octanol–water partition coefficient (Wildman–Crippen LogP) is 2.70. The van der Waals surface area contributed by atoms with E-state index in [4.69, 9.17) is 0 Å². The smallest absolute Gasteiger partial charge is 0.124 e. The SMILES string of the molecule is CN(CCCN=Cc1ccccc1O)CCCN=CC1C=CC=CC1O. The van der Waals surface area contributed by atoms with E-state index in [0.717, 1.165) is 44.6 Å². The van der Waals surface area contributed by atoms with Crippen molar-refractivity contribution in [3.8, 4) is 5.75 Å². The predicted molar refractivity (Wildman–Crippen MR) is 108 cm³/mol. The molecule has 0 aromatic heterocycles. The van der Waals surface area contributed by atoms with Gasteiger partial charge in [-0.05, 0) is 45.1 Å². The quantitative estimate of drug-likeness (QED) is 0.501. The molecule has 5 heteroatoms. The number of aromatic hydroxyl groups is 1. The molecule has 0 saturated carbocycles. The van der Waals surface area contributed by atoms with Crippen molar-refractivity contribution in [3.05, 3.63) is 54.1 Å². The molecule has 0 fully saturated rings. The Kier molecular flexibility index (Phi) is 8.79. The Morgan fingerprint density at radius 3 is 2.46 bits per heavy atom. The summed E-state index contributed by atoms with van der Waals surface area (Å²) < 4.78 is 0. The summed E-state index contributed by atoms with van der Waals surface area (Å²) >= 11 is 0. The summed E-state index contributed by atoms with van der Waals surface area (Å²) in [6, 6.07) is 7.21. The fraction of sp³-hybridized carbons (Fsp3) is 0.429. The molecule has 1 aliphatic rings. The van der Waals surface area contributed by atoms with E-state index in [1.807, 2.05) is 36.6 Å². The third-order valence-corrected chi connectivity index (χ3v) is 4.25. The first kappa shape index (κ1) is 20.1. The minimum atomic E-state index is -0.454. The van der Waals surface area contributed by atoms with E-state index in [0.29, 0.717) is 0 Å². The van der Waals surface area contributed by atoms with Gasteiger partial charge in [-0.2, -0.15) is 0 Å². The molecule has 0 saturated heterocycles. The van der Waals surface area contributed by atoms with E-state index in [1.54, 1.807) is 24.4 Å². The van der Waals surface area contributed by atoms with E-state index in [-0.39, 0.29) is 11.7 Å². The summed E-state index contributed by atoms with van der Waals surface area (Å²) in [5.74, 6) is 0.265. The summed E-state index contributed by atoms with van der Waals surface area (Å²) in [4.78, 5) is 11.1. The van der Waals surface area contributed by atoms with Gasteiger partial charge in [-0.1, -0.05) is 36.4 Å². The van der Waals surface area contributed by atoms with Crippen LogP contribution in [-0.4, -0.2) is 66.9 Å². The van der Waals surface area contributed by atoms with Crippen LogP contribution in [0, 0.1) is 5.92 Å². The maximum absolute atomic E-state index is 9.78. The summed E-state index contributed by atoms with van der Waals surface area (Å²) in [5, 5.41) is 19.4. The van der Waals surface area contributed by atoms with Crippen LogP contribution >= 0.6 is 0 Å². The second-order valence-electron chi connectivity index (χ2n) is 6.50. The lowest BCUT2D eigenvalue weighted by Crippen LogP contribution is -2.22. The fourth-order valence-corrected chi connectivity index (χ4v) is 2.68. The highest BCUT2D eigenvalue weighted by Crippen LogP contribution is 2.12. The Hall–Kier alpha value is -2.24. The molecule has 0 bridgehead atoms. The number of hydrogen-bond acceptors (Lipinski definition) is 5. The molecule has 0 heterocycles. The van der Waals surface area contributed by atoms with E-state index < -0.39 is 6.10 Å². The fourth-order valence-electron chi connectivity index (χ4n) is 2.68. The van der Waals surface area contributed by atoms with Crippen molar-refractivity contribution in [2.75, 3.05) is 33.2 Å². The highest BCUT2D eigenvalue weighted by Gasteiger charge is 2.12. The van der Waals surface area contributed by atoms with Gasteiger partial charge in [0.05, 0.1) is 6.10 Å². The van der Waals surface area contributed by atoms with Gasteiger partial charge in [0.1, 0.15) is 5.75 Å². The Labute approximate surface area is 156 Å². The van der Waals surface area contributed by atoms with Gasteiger partial charge in [-0.3, -0.25) is 9.98 Å². The third kappa shape index (κ3) is 7.33. The highest BCUT2D eigenvalue weighted by atomic mass is 16.3. The summed E-state index contributed by atoms with van der Waals surface area (Å²) in [7, 11) is 2.11. The first-order chi connectivity index (χ1) is 12.7. The second-order valence-corrected chi connectivity index (χ2v) is 6.50. The van der Waals surface area contributed by atoms with Crippen molar-refractivity contribution in [3.63, 3.8) is 0 Å². The molecule has 2 rings (SSSR count). The van der Waals surface area contributed by atoms with Gasteiger partial charge in [-0.15, -0.1) is 0 Å². The van der Waals surface area contributed by atoms with Crippen LogP contribution < -0.4 is 0 Å². The zero-order valence-electron chi connectivity index (χ0n) is 15.4. The van der Waals surface area contributed by atoms with Crippen molar-refractivity contribution in [2.24, 2.45) is 15.9 Å². The molecule has 140 valence electrons. The number of aliphatic hydroxyl groups is 1. The molecule has 0 radical (unpaired) electrons. The number of para-hydroxylation sites is 1. The normalized spacial score (nSPS) is 20.0. The lowest BCUT2D eigenvalue weighted by Gasteiger charge is -2.16. The molecular weight excluding hydrogens is 326 g/mol. The summed E-state index contributed by atoms with van der Waals surface area (Å²) in [6.45, 7) is 3.49. The number of rotatable bonds is 10. The molecule has 1 aromatic rings. The number of aliphatic imine (C=N–C) groups is 2. The van der Waals surface area contributed by atoms with Gasteiger partial charge < -0.3 is 15.1 Å². The first-order valence-corrected chi connectivity index (χ1v) is 9.16. The number of phenolic OH excluding ortho intramolecular Hbond substituents is 1. The maximum atomic E-state index is 9.78. The topological polar surface area (TPSA) is 68.4 Å². The van der Waals surface area contributed by atoms with Crippen molar-refractivity contribution in [1.29, 1.82) is 0 Å². The number of allylic oxidation sites excluding steroid dienone is 2. The summed E-state index contributed by atoms with van der Waals surface area (Å²) in [5.41, 5.74) is 0.757. The molecule has 0 amide bonds. The molecule has 2 unspecified atom stereocenters. The van der Waals surface area contributed by atoms with Crippen molar-refractivity contribution in [2.45, 2.75) is 18.9 Å². The highest BCUT2D eigenvalue weighted by molar-refractivity contribution is 5.83. The number of aliphatic hydroxyl groups excluding tert-OH is 1. The Bertz CT molecular complexity index is 652. The molecule has 0 spiro atoms. The molecule has 26 heavy (non-hydrogen) atoms. The number of hydrogen-bond donors (Lipinski definition) is 2. The van der Waals surface area contributed by atoms with Gasteiger partial charge in [0.15, 0.2) is 0 Å². The minimum Gasteiger partial charge on any atom is -0.507 e. The van der Waals surface area contributed by atoms with Gasteiger partial charge >= 0.3 is 0 Å². The van der Waals surface area contributed by atoms with Crippen LogP contribution in [0.4, 0.5) is 0 Å². The average Bonchev–Trinajstić information content (AvgIpc) is 2.64. The molecule has 1 aliphatic carbocycles. The van der Waals surface area contributed by atoms with Crippen molar-refractivity contribution < 1.29 is 10.2 Å². The molecule has 1 aromatic carbocycles. The molecular formula is C21H29N3O2. The lowest BCUT2D eigenvalue weighted by atomic mass is 9.99. The van der Waals surface area contributed by atoms with Gasteiger partial charge in [0.2, 0.25) is 0 Å². The van der Waals surface area contributed by atoms with Crippen LogP contribution in [0.2, 0.25) is 0 Å². The second kappa shape index (κ2) is 11.4. The van der Waals surface area contributed by atoms with Gasteiger partial charge in [0, 0.05) is 37.0 Å². The van der Waals surface area contributed by atoms with E-state index >= 15 is 0 Å². The molecule has 2 N–H and O–H groups in total. The number of benzene rings is 1. The summed E-state index contributed by atoms with van der Waals surface area (Å²) in [6.07, 6.45) is 12.7. The largest absolute Gasteiger partial charge is 0.507 e. The Morgan fingerprint density at radius 1 is 1.04 bits per heavy atom. The van der Waals surface area contributed by atoms with Crippen LogP contribution in [-0.2, 0) is 0 Å². The number of nitrogens with zero attached hydrogens (tertiary/aromatic N) is 3. The molecule has 5 nitrogen and oxygen atoms in total. The van der Waals surface area contributed by atoms with Crippen LogP contribution in [0.15, 0.2) is 58.6 Å². The van der Waals surface area contributed by atoms with Crippen LogP contribution in [0.25, 0.3) is 0 Å². The van der Waals surface area contributed by atoms with Gasteiger partial charge in [0.25, 0.3) is 0 Å². The Morgan fingerprint density at radius 2 is 1.73 bits per heavy atom. The van der Waals surface area contributed by atoms with Crippen molar-refractivity contribution >= 4 is 12.4 Å². The Balaban J connectivity index is 1.54. The zero-order valence-corrected chi connectivity index (χ0v) is 15.4. The van der Waals surface area contributed by atoms with Crippen LogP contribution in [0.1, 0.15) is 18.4 Å². The average molecular weight is 355 g/mol. The molecule has 0 aliphatic heterocycles. The van der Waals surface area contributed by atoms with E-state index in [2.05, 4.69) is 21.9 Å². The third-order valence-electron chi connectivity index (χ3n) is 4.25. The number of phenols is 1. The van der Waals surface area contributed by atoms with Gasteiger partial charge in [-0.25, -0.2) is 0 Å². The van der Waals surface area contributed by atoms with E-state index in [1.165, 1.54) is 0 Å². The first-order valence-electron chi connectivity index (χ1n) is 9.16. The van der Waals surface area contributed by atoms with Crippen LogP contribution in [0.3, 0.4) is 0 Å². The zero-order chi connectivity index (χ0) is 18.6. The monoisotopic (exact) mass is 355 g/mol. The van der Waals surface area contributed by atoms with Crippen molar-refractivity contribution in [1.82, 2.24) is 4.90 Å². The van der Waals surface area contributed by atoms with E-state index in [9.17, 15) is 10.2 Å².